The van der Waals surface area contributed by atoms with Crippen LogP contribution >= 0.6 is 11.6 Å². The van der Waals surface area contributed by atoms with Crippen LogP contribution in [0.5, 0.6) is 0 Å². The Labute approximate surface area is 144 Å². The molecule has 0 fully saturated rings. The first-order valence-corrected chi connectivity index (χ1v) is 8.05. The molecule has 6 heteroatoms. The van der Waals surface area contributed by atoms with Crippen molar-refractivity contribution in [2.24, 2.45) is 0 Å². The molecule has 0 bridgehead atoms. The lowest BCUT2D eigenvalue weighted by atomic mass is 10.1. The molecule has 0 spiro atoms. The van der Waals surface area contributed by atoms with Gasteiger partial charge >= 0.3 is 0 Å². The number of aryl methyl sites for hydroxylation is 1. The zero-order valence-corrected chi connectivity index (χ0v) is 13.9. The monoisotopic (exact) mass is 341 g/mol. The number of fused-ring (bicyclic) bond motifs is 1. The Kier molecular flexibility index (Phi) is 4.62. The molecule has 1 aromatic carbocycles. The van der Waals surface area contributed by atoms with Gasteiger partial charge in [0.1, 0.15) is 5.69 Å². The summed E-state index contributed by atoms with van der Waals surface area (Å²) in [6.07, 6.45) is 3.38. The minimum atomic E-state index is -0.320. The number of hydrogen-bond donors (Lipinski definition) is 1. The Hall–Kier alpha value is -2.66. The summed E-state index contributed by atoms with van der Waals surface area (Å²) in [7, 11) is 0. The third-order valence-corrected chi connectivity index (χ3v) is 3.87. The molecule has 3 rings (SSSR count). The van der Waals surface area contributed by atoms with Crippen molar-refractivity contribution in [1.29, 1.82) is 0 Å². The molecule has 0 aliphatic heterocycles. The largest absolute Gasteiger partial charge is 0.342 e. The summed E-state index contributed by atoms with van der Waals surface area (Å²) in [5.74, 6) is -0.0162. The zero-order valence-electron chi connectivity index (χ0n) is 13.1. The predicted octanol–water partition coefficient (Wildman–Crippen LogP) is 3.73. The smallest absolute Gasteiger partial charge is 0.274 e. The molecule has 1 amide bonds. The van der Waals surface area contributed by atoms with Crippen molar-refractivity contribution in [3.05, 3.63) is 60.2 Å². The first-order chi connectivity index (χ1) is 11.6. The maximum absolute atomic E-state index is 12.4. The zero-order chi connectivity index (χ0) is 17.1. The number of nitrogens with one attached hydrogen (secondary N) is 1. The van der Waals surface area contributed by atoms with Crippen LogP contribution in [0.3, 0.4) is 0 Å². The fraction of sp³-hybridized carbons (Fsp3) is 0.167. The van der Waals surface area contributed by atoms with Crippen molar-refractivity contribution in [2.45, 2.75) is 13.5 Å². The number of rotatable bonds is 5. The number of anilines is 1. The molecular formula is C18H16ClN3O2. The SMILES string of the molecule is CC(=O)c1cc(NC(=O)c2cc3ccccc3cn2)cn1CCCl. The van der Waals surface area contributed by atoms with Crippen LogP contribution in [0.25, 0.3) is 10.8 Å². The number of alkyl halides is 1. The molecule has 3 aromatic rings. The molecule has 2 aromatic heterocycles. The number of nitrogens with zero attached hydrogens (tertiary/aromatic N) is 2. The maximum atomic E-state index is 12.4. The van der Waals surface area contributed by atoms with Crippen molar-refractivity contribution >= 4 is 39.8 Å². The molecule has 2 heterocycles. The summed E-state index contributed by atoms with van der Waals surface area (Å²) >= 11 is 5.75. The average molecular weight is 342 g/mol. The Bertz CT molecular complexity index is 918. The van der Waals surface area contributed by atoms with Crippen LogP contribution in [0.4, 0.5) is 5.69 Å². The summed E-state index contributed by atoms with van der Waals surface area (Å²) in [4.78, 5) is 28.3. The molecule has 122 valence electrons. The molecule has 0 saturated heterocycles. The van der Waals surface area contributed by atoms with E-state index in [9.17, 15) is 9.59 Å². The highest BCUT2D eigenvalue weighted by Crippen LogP contribution is 2.18. The van der Waals surface area contributed by atoms with E-state index in [4.69, 9.17) is 11.6 Å². The third-order valence-electron chi connectivity index (χ3n) is 3.70. The molecule has 0 unspecified atom stereocenters. The van der Waals surface area contributed by atoms with Gasteiger partial charge in [-0.05, 0) is 17.5 Å². The van der Waals surface area contributed by atoms with Gasteiger partial charge in [-0.2, -0.15) is 0 Å². The molecule has 0 radical (unpaired) electrons. The second-order valence-corrected chi connectivity index (χ2v) is 5.80. The maximum Gasteiger partial charge on any atom is 0.274 e. The van der Waals surface area contributed by atoms with Crippen LogP contribution in [-0.2, 0) is 6.54 Å². The number of carbonyl (C=O) groups is 2. The Morgan fingerprint density at radius 1 is 1.21 bits per heavy atom. The number of aromatic nitrogens is 2. The van der Waals surface area contributed by atoms with Gasteiger partial charge in [-0.1, -0.05) is 24.3 Å². The summed E-state index contributed by atoms with van der Waals surface area (Å²) in [5.41, 5.74) is 1.38. The Morgan fingerprint density at radius 3 is 2.67 bits per heavy atom. The number of halogens is 1. The fourth-order valence-corrected chi connectivity index (χ4v) is 2.74. The number of hydrogen-bond acceptors (Lipinski definition) is 3. The Balaban J connectivity index is 1.85. The van der Waals surface area contributed by atoms with Crippen molar-refractivity contribution in [3.63, 3.8) is 0 Å². The van der Waals surface area contributed by atoms with E-state index in [1.807, 2.05) is 24.3 Å². The molecule has 24 heavy (non-hydrogen) atoms. The normalized spacial score (nSPS) is 10.8. The molecular weight excluding hydrogens is 326 g/mol. The topological polar surface area (TPSA) is 64.0 Å². The van der Waals surface area contributed by atoms with E-state index < -0.39 is 0 Å². The Morgan fingerprint density at radius 2 is 1.96 bits per heavy atom. The summed E-state index contributed by atoms with van der Waals surface area (Å²) in [6.45, 7) is 1.98. The first-order valence-electron chi connectivity index (χ1n) is 7.51. The van der Waals surface area contributed by atoms with Crippen LogP contribution in [0.1, 0.15) is 27.9 Å². The highest BCUT2D eigenvalue weighted by atomic mass is 35.5. The van der Waals surface area contributed by atoms with Gasteiger partial charge in [0, 0.05) is 37.1 Å². The van der Waals surface area contributed by atoms with E-state index in [-0.39, 0.29) is 11.7 Å². The van der Waals surface area contributed by atoms with Gasteiger partial charge in [-0.3, -0.25) is 14.6 Å². The number of ketones is 1. The average Bonchev–Trinajstić information content (AvgIpc) is 2.97. The van der Waals surface area contributed by atoms with Crippen LogP contribution < -0.4 is 5.32 Å². The molecule has 0 aliphatic rings. The first kappa shape index (κ1) is 16.2. The number of Topliss-reactive ketones (excluding diaryl/α,β-unsaturated/α-hetero) is 1. The third kappa shape index (κ3) is 3.31. The molecule has 1 N–H and O–H groups in total. The van der Waals surface area contributed by atoms with Gasteiger partial charge in [-0.15, -0.1) is 11.6 Å². The van der Waals surface area contributed by atoms with E-state index in [2.05, 4.69) is 10.3 Å². The van der Waals surface area contributed by atoms with Gasteiger partial charge in [0.15, 0.2) is 5.78 Å². The predicted molar refractivity (Wildman–Crippen MR) is 94.9 cm³/mol. The van der Waals surface area contributed by atoms with Crippen molar-refractivity contribution in [2.75, 3.05) is 11.2 Å². The van der Waals surface area contributed by atoms with E-state index in [0.717, 1.165) is 10.8 Å². The quantitative estimate of drug-likeness (QED) is 0.568. The summed E-state index contributed by atoms with van der Waals surface area (Å²) in [5, 5.41) is 4.70. The lowest BCUT2D eigenvalue weighted by Crippen LogP contribution is -2.13. The van der Waals surface area contributed by atoms with Crippen LogP contribution in [-0.4, -0.2) is 27.1 Å². The van der Waals surface area contributed by atoms with Crippen molar-refractivity contribution in [1.82, 2.24) is 9.55 Å². The van der Waals surface area contributed by atoms with Gasteiger partial charge in [0.25, 0.3) is 5.91 Å². The van der Waals surface area contributed by atoms with Crippen LogP contribution in [0, 0.1) is 0 Å². The molecule has 0 saturated carbocycles. The van der Waals surface area contributed by atoms with E-state index >= 15 is 0 Å². The second kappa shape index (κ2) is 6.84. The number of amides is 1. The van der Waals surface area contributed by atoms with Crippen LogP contribution in [0.15, 0.2) is 48.8 Å². The number of carbonyl (C=O) groups excluding carboxylic acids is 2. The van der Waals surface area contributed by atoms with E-state index in [0.29, 0.717) is 29.5 Å². The highest BCUT2D eigenvalue weighted by molar-refractivity contribution is 6.17. The number of benzene rings is 1. The van der Waals surface area contributed by atoms with Gasteiger partial charge in [0.2, 0.25) is 0 Å². The highest BCUT2D eigenvalue weighted by Gasteiger charge is 2.13. The summed E-state index contributed by atoms with van der Waals surface area (Å²) in [6, 6.07) is 11.1. The molecule has 0 atom stereocenters. The van der Waals surface area contributed by atoms with Gasteiger partial charge in [-0.25, -0.2) is 0 Å². The van der Waals surface area contributed by atoms with Crippen molar-refractivity contribution in [3.8, 4) is 0 Å². The minimum absolute atomic E-state index is 0.0792. The molecule has 5 nitrogen and oxygen atoms in total. The standard InChI is InChI=1S/C18H16ClN3O2/c1-12(23)17-9-15(11-22(17)7-6-19)21-18(24)16-8-13-4-2-3-5-14(13)10-20-16/h2-5,8-11H,6-7H2,1H3,(H,21,24). The van der Waals surface area contributed by atoms with Gasteiger partial charge in [0.05, 0.1) is 11.4 Å². The van der Waals surface area contributed by atoms with E-state index in [1.54, 1.807) is 29.1 Å². The van der Waals surface area contributed by atoms with Gasteiger partial charge < -0.3 is 9.88 Å². The molecule has 0 aliphatic carbocycles. The lowest BCUT2D eigenvalue weighted by molar-refractivity contribution is 0.1000. The fourth-order valence-electron chi connectivity index (χ4n) is 2.56. The summed E-state index contributed by atoms with van der Waals surface area (Å²) < 4.78 is 1.73. The second-order valence-electron chi connectivity index (χ2n) is 5.42. The van der Waals surface area contributed by atoms with Crippen LogP contribution in [0.2, 0.25) is 0 Å². The number of pyridine rings is 1. The van der Waals surface area contributed by atoms with E-state index in [1.165, 1.54) is 6.92 Å². The van der Waals surface area contributed by atoms with Crippen molar-refractivity contribution < 1.29 is 9.59 Å². The lowest BCUT2D eigenvalue weighted by Gasteiger charge is -2.04. The minimum Gasteiger partial charge on any atom is -0.342 e.